The third kappa shape index (κ3) is 6.06. The average molecular weight is 280 g/mol. The molecular formula is C16H24O4. The molecule has 0 aliphatic carbocycles. The van der Waals surface area contributed by atoms with Gasteiger partial charge in [-0.3, -0.25) is 4.89 Å². The highest BCUT2D eigenvalue weighted by atomic mass is 17.1. The standard InChI is InChI=1S/C16H24O4/c1-12(11-16(2,3)4)10-14(15(17)20-18)19-13-8-6-5-7-9-13/h5-9,12,14,18H,10-11H2,1-4H3. The van der Waals surface area contributed by atoms with E-state index >= 15 is 0 Å². The Hall–Kier alpha value is -1.55. The Morgan fingerprint density at radius 1 is 1.25 bits per heavy atom. The molecule has 2 atom stereocenters. The van der Waals surface area contributed by atoms with Crippen LogP contribution in [-0.4, -0.2) is 17.3 Å². The number of para-hydroxylation sites is 1. The van der Waals surface area contributed by atoms with E-state index in [1.54, 1.807) is 12.1 Å². The van der Waals surface area contributed by atoms with Gasteiger partial charge in [0.1, 0.15) is 5.75 Å². The summed E-state index contributed by atoms with van der Waals surface area (Å²) in [5, 5.41) is 8.60. The van der Waals surface area contributed by atoms with Gasteiger partial charge in [-0.15, -0.1) is 0 Å². The van der Waals surface area contributed by atoms with Crippen LogP contribution in [0.1, 0.15) is 40.5 Å². The molecule has 4 heteroatoms. The van der Waals surface area contributed by atoms with Crippen molar-refractivity contribution in [2.75, 3.05) is 0 Å². The number of ether oxygens (including phenoxy) is 1. The van der Waals surface area contributed by atoms with Crippen LogP contribution >= 0.6 is 0 Å². The Morgan fingerprint density at radius 3 is 2.35 bits per heavy atom. The second-order valence-corrected chi connectivity index (χ2v) is 6.44. The van der Waals surface area contributed by atoms with Crippen molar-refractivity contribution in [1.82, 2.24) is 0 Å². The van der Waals surface area contributed by atoms with E-state index < -0.39 is 12.1 Å². The highest BCUT2D eigenvalue weighted by Gasteiger charge is 2.27. The van der Waals surface area contributed by atoms with Gasteiger partial charge in [0.15, 0.2) is 6.10 Å². The van der Waals surface area contributed by atoms with E-state index in [0.29, 0.717) is 12.2 Å². The fraction of sp³-hybridized carbons (Fsp3) is 0.562. The Balaban J connectivity index is 2.68. The molecule has 0 heterocycles. The van der Waals surface area contributed by atoms with Crippen molar-refractivity contribution in [2.45, 2.75) is 46.6 Å². The lowest BCUT2D eigenvalue weighted by Crippen LogP contribution is -2.31. The molecule has 112 valence electrons. The molecular weight excluding hydrogens is 256 g/mol. The monoisotopic (exact) mass is 280 g/mol. The van der Waals surface area contributed by atoms with Crippen LogP contribution in [-0.2, 0) is 9.68 Å². The van der Waals surface area contributed by atoms with Crippen LogP contribution in [0.15, 0.2) is 30.3 Å². The zero-order valence-electron chi connectivity index (χ0n) is 12.6. The van der Waals surface area contributed by atoms with E-state index in [2.05, 4.69) is 32.6 Å². The van der Waals surface area contributed by atoms with Gasteiger partial charge in [0.2, 0.25) is 0 Å². The van der Waals surface area contributed by atoms with E-state index in [4.69, 9.17) is 9.99 Å². The Morgan fingerprint density at radius 2 is 1.85 bits per heavy atom. The molecule has 0 amide bonds. The highest BCUT2D eigenvalue weighted by Crippen LogP contribution is 2.28. The summed E-state index contributed by atoms with van der Waals surface area (Å²) in [5.74, 6) is 0.114. The second-order valence-electron chi connectivity index (χ2n) is 6.44. The van der Waals surface area contributed by atoms with E-state index in [1.165, 1.54) is 0 Å². The van der Waals surface area contributed by atoms with Crippen LogP contribution in [0.5, 0.6) is 5.75 Å². The SMILES string of the molecule is CC(CC(Oc1ccccc1)C(=O)OO)CC(C)(C)C. The maximum atomic E-state index is 11.6. The van der Waals surface area contributed by atoms with Gasteiger partial charge in [-0.2, -0.15) is 5.26 Å². The first-order valence-corrected chi connectivity index (χ1v) is 6.89. The highest BCUT2D eigenvalue weighted by molar-refractivity contribution is 5.74. The topological polar surface area (TPSA) is 55.8 Å². The van der Waals surface area contributed by atoms with E-state index in [-0.39, 0.29) is 11.3 Å². The summed E-state index contributed by atoms with van der Waals surface area (Å²) in [7, 11) is 0. The molecule has 0 saturated heterocycles. The molecule has 1 N–H and O–H groups in total. The van der Waals surface area contributed by atoms with E-state index in [9.17, 15) is 4.79 Å². The Bertz CT molecular complexity index is 408. The first-order valence-electron chi connectivity index (χ1n) is 6.89. The third-order valence-corrected chi connectivity index (χ3v) is 2.95. The summed E-state index contributed by atoms with van der Waals surface area (Å²) < 4.78 is 5.62. The van der Waals surface area contributed by atoms with Gasteiger partial charge in [-0.05, 0) is 36.3 Å². The fourth-order valence-corrected chi connectivity index (χ4v) is 2.41. The van der Waals surface area contributed by atoms with Crippen LogP contribution in [0.4, 0.5) is 0 Å². The molecule has 0 saturated carbocycles. The van der Waals surface area contributed by atoms with Crippen molar-refractivity contribution in [3.63, 3.8) is 0 Å². The smallest absolute Gasteiger partial charge is 0.382 e. The second kappa shape index (κ2) is 7.29. The van der Waals surface area contributed by atoms with Crippen molar-refractivity contribution in [1.29, 1.82) is 0 Å². The molecule has 0 aliphatic heterocycles. The van der Waals surface area contributed by atoms with Crippen molar-refractivity contribution in [3.05, 3.63) is 30.3 Å². The molecule has 20 heavy (non-hydrogen) atoms. The Kier molecular flexibility index (Phi) is 6.02. The van der Waals surface area contributed by atoms with E-state index in [1.807, 2.05) is 18.2 Å². The minimum atomic E-state index is -0.792. The van der Waals surface area contributed by atoms with Crippen molar-refractivity contribution < 1.29 is 19.7 Å². The number of carbonyl (C=O) groups excluding carboxylic acids is 1. The lowest BCUT2D eigenvalue weighted by atomic mass is 9.83. The molecule has 2 unspecified atom stereocenters. The summed E-state index contributed by atoms with van der Waals surface area (Å²) >= 11 is 0. The molecule has 0 bridgehead atoms. The lowest BCUT2D eigenvalue weighted by Gasteiger charge is -2.25. The largest absolute Gasteiger partial charge is 0.479 e. The van der Waals surface area contributed by atoms with Gasteiger partial charge < -0.3 is 4.74 Å². The Labute approximate surface area is 120 Å². The van der Waals surface area contributed by atoms with Crippen molar-refractivity contribution in [3.8, 4) is 5.75 Å². The summed E-state index contributed by atoms with van der Waals surface area (Å²) in [4.78, 5) is 15.5. The first kappa shape index (κ1) is 16.5. The van der Waals surface area contributed by atoms with Gasteiger partial charge >= 0.3 is 5.97 Å². The minimum Gasteiger partial charge on any atom is -0.479 e. The molecule has 0 aliphatic rings. The van der Waals surface area contributed by atoms with Gasteiger partial charge in [-0.25, -0.2) is 4.79 Å². The zero-order valence-corrected chi connectivity index (χ0v) is 12.6. The summed E-state index contributed by atoms with van der Waals surface area (Å²) in [6, 6.07) is 9.07. The van der Waals surface area contributed by atoms with Crippen molar-refractivity contribution in [2.24, 2.45) is 11.3 Å². The molecule has 1 aromatic carbocycles. The predicted octanol–water partition coefficient (Wildman–Crippen LogP) is 3.91. The molecule has 0 radical (unpaired) electrons. The zero-order chi connectivity index (χ0) is 15.2. The lowest BCUT2D eigenvalue weighted by molar-refractivity contribution is -0.241. The summed E-state index contributed by atoms with van der Waals surface area (Å²) in [6.45, 7) is 8.53. The number of hydrogen-bond donors (Lipinski definition) is 1. The van der Waals surface area contributed by atoms with Crippen LogP contribution in [0.25, 0.3) is 0 Å². The molecule has 1 aromatic rings. The number of hydrogen-bond acceptors (Lipinski definition) is 4. The quantitative estimate of drug-likeness (QED) is 0.634. The van der Waals surface area contributed by atoms with Crippen LogP contribution < -0.4 is 4.74 Å². The van der Waals surface area contributed by atoms with Crippen molar-refractivity contribution >= 4 is 5.97 Å². The van der Waals surface area contributed by atoms with Crippen LogP contribution in [0.2, 0.25) is 0 Å². The molecule has 4 nitrogen and oxygen atoms in total. The number of rotatable bonds is 6. The van der Waals surface area contributed by atoms with Gasteiger partial charge in [0.05, 0.1) is 0 Å². The summed E-state index contributed by atoms with van der Waals surface area (Å²) in [6.07, 6.45) is 0.672. The fourth-order valence-electron chi connectivity index (χ4n) is 2.41. The molecule has 1 rings (SSSR count). The third-order valence-electron chi connectivity index (χ3n) is 2.95. The van der Waals surface area contributed by atoms with Gasteiger partial charge in [0, 0.05) is 0 Å². The minimum absolute atomic E-state index is 0.180. The van der Waals surface area contributed by atoms with Crippen LogP contribution in [0, 0.1) is 11.3 Å². The number of benzene rings is 1. The molecule has 0 fully saturated rings. The van der Waals surface area contributed by atoms with E-state index in [0.717, 1.165) is 6.42 Å². The average Bonchev–Trinajstić information content (AvgIpc) is 2.36. The van der Waals surface area contributed by atoms with Gasteiger partial charge in [-0.1, -0.05) is 45.9 Å². The predicted molar refractivity (Wildman–Crippen MR) is 77.4 cm³/mol. The molecule has 0 spiro atoms. The number of carbonyl (C=O) groups is 1. The normalized spacial score (nSPS) is 14.4. The first-order chi connectivity index (χ1) is 9.31. The summed E-state index contributed by atoms with van der Waals surface area (Å²) in [5.41, 5.74) is 0.180. The molecule has 0 aromatic heterocycles. The van der Waals surface area contributed by atoms with Crippen LogP contribution in [0.3, 0.4) is 0 Å². The maximum Gasteiger partial charge on any atom is 0.382 e. The van der Waals surface area contributed by atoms with Gasteiger partial charge in [0.25, 0.3) is 0 Å². The maximum absolute atomic E-state index is 11.6.